The van der Waals surface area contributed by atoms with Crippen LogP contribution in [0.15, 0.2) is 18.2 Å². The van der Waals surface area contributed by atoms with E-state index in [0.29, 0.717) is 17.5 Å². The molecule has 2 saturated heterocycles. The van der Waals surface area contributed by atoms with Gasteiger partial charge in [0.1, 0.15) is 5.75 Å². The van der Waals surface area contributed by atoms with Gasteiger partial charge in [-0.05, 0) is 50.4 Å². The van der Waals surface area contributed by atoms with Crippen LogP contribution in [0.4, 0.5) is 0 Å². The normalized spacial score (nSPS) is 25.8. The molecule has 5 nitrogen and oxygen atoms in total. The number of hydrogen-bond acceptors (Lipinski definition) is 4. The predicted molar refractivity (Wildman–Crippen MR) is 93.0 cm³/mol. The van der Waals surface area contributed by atoms with Gasteiger partial charge >= 0.3 is 0 Å². The lowest BCUT2D eigenvalue weighted by Gasteiger charge is -2.35. The van der Waals surface area contributed by atoms with Gasteiger partial charge in [0, 0.05) is 23.7 Å². The number of likely N-dealkylation sites (tertiary alicyclic amines) is 1. The lowest BCUT2D eigenvalue weighted by Crippen LogP contribution is -2.41. The van der Waals surface area contributed by atoms with Crippen molar-refractivity contribution in [2.24, 2.45) is 17.6 Å². The van der Waals surface area contributed by atoms with Crippen molar-refractivity contribution < 1.29 is 14.3 Å². The molecular formula is C18H25ClN2O3. The zero-order valence-electron chi connectivity index (χ0n) is 14.0. The van der Waals surface area contributed by atoms with E-state index in [1.807, 2.05) is 18.2 Å². The Hall–Kier alpha value is -1.30. The molecule has 132 valence electrons. The van der Waals surface area contributed by atoms with Crippen molar-refractivity contribution in [1.82, 2.24) is 4.90 Å². The van der Waals surface area contributed by atoms with Crippen LogP contribution in [-0.2, 0) is 16.1 Å². The second-order valence-electron chi connectivity index (χ2n) is 6.70. The number of benzene rings is 1. The van der Waals surface area contributed by atoms with Crippen molar-refractivity contribution in [3.8, 4) is 5.75 Å². The van der Waals surface area contributed by atoms with Crippen LogP contribution in [0.3, 0.4) is 0 Å². The number of ether oxygens (including phenoxy) is 2. The van der Waals surface area contributed by atoms with Crippen LogP contribution in [0, 0.1) is 11.8 Å². The van der Waals surface area contributed by atoms with Gasteiger partial charge in [0.25, 0.3) is 0 Å². The molecule has 1 amide bonds. The average molecular weight is 353 g/mol. The molecule has 0 aliphatic carbocycles. The Bertz CT molecular complexity index is 588. The highest BCUT2D eigenvalue weighted by Crippen LogP contribution is 2.34. The van der Waals surface area contributed by atoms with E-state index in [0.717, 1.165) is 50.2 Å². The molecule has 3 rings (SSSR count). The molecule has 0 saturated carbocycles. The molecule has 1 aromatic rings. The topological polar surface area (TPSA) is 64.8 Å². The fraction of sp³-hybridized carbons (Fsp3) is 0.611. The standard InChI is InChI=1S/C18H25ClN2O3/c1-23-16-10-14(19)3-2-13(16)11-21-7-4-12(5-8-21)17-15(18(20)22)6-9-24-17/h2-3,10,12,15,17H,4-9,11H2,1H3,(H2,20,22)/t15-,17+/m0/s1. The summed E-state index contributed by atoms with van der Waals surface area (Å²) in [6, 6.07) is 5.78. The summed E-state index contributed by atoms with van der Waals surface area (Å²) in [5, 5.41) is 0.685. The fourth-order valence-corrected chi connectivity index (χ4v) is 4.07. The highest BCUT2D eigenvalue weighted by Gasteiger charge is 2.39. The molecule has 0 unspecified atom stereocenters. The second kappa shape index (κ2) is 7.72. The van der Waals surface area contributed by atoms with Gasteiger partial charge in [-0.15, -0.1) is 0 Å². The van der Waals surface area contributed by atoms with Gasteiger partial charge in [-0.1, -0.05) is 17.7 Å². The summed E-state index contributed by atoms with van der Waals surface area (Å²) in [6.07, 6.45) is 2.84. The van der Waals surface area contributed by atoms with Crippen LogP contribution in [0.2, 0.25) is 5.02 Å². The van der Waals surface area contributed by atoms with E-state index >= 15 is 0 Å². The third-order valence-electron chi connectivity index (χ3n) is 5.24. The Morgan fingerprint density at radius 2 is 2.12 bits per heavy atom. The number of amides is 1. The van der Waals surface area contributed by atoms with Gasteiger partial charge in [-0.25, -0.2) is 0 Å². The van der Waals surface area contributed by atoms with Crippen molar-refractivity contribution in [3.63, 3.8) is 0 Å². The lowest BCUT2D eigenvalue weighted by atomic mass is 9.84. The van der Waals surface area contributed by atoms with Crippen molar-refractivity contribution >= 4 is 17.5 Å². The molecule has 24 heavy (non-hydrogen) atoms. The smallest absolute Gasteiger partial charge is 0.223 e. The number of nitrogens with zero attached hydrogens (tertiary/aromatic N) is 1. The van der Waals surface area contributed by atoms with Crippen molar-refractivity contribution in [3.05, 3.63) is 28.8 Å². The summed E-state index contributed by atoms with van der Waals surface area (Å²) in [4.78, 5) is 14.0. The third kappa shape index (κ3) is 3.85. The number of piperidine rings is 1. The second-order valence-corrected chi connectivity index (χ2v) is 7.14. The molecule has 2 N–H and O–H groups in total. The Morgan fingerprint density at radius 1 is 1.38 bits per heavy atom. The van der Waals surface area contributed by atoms with Crippen LogP contribution in [0.5, 0.6) is 5.75 Å². The van der Waals surface area contributed by atoms with E-state index in [1.54, 1.807) is 7.11 Å². The first-order chi connectivity index (χ1) is 11.6. The van der Waals surface area contributed by atoms with Crippen LogP contribution in [0.25, 0.3) is 0 Å². The molecule has 2 fully saturated rings. The van der Waals surface area contributed by atoms with Crippen molar-refractivity contribution in [1.29, 1.82) is 0 Å². The van der Waals surface area contributed by atoms with E-state index < -0.39 is 0 Å². The van der Waals surface area contributed by atoms with Crippen LogP contribution < -0.4 is 10.5 Å². The molecule has 2 aliphatic rings. The fourth-order valence-electron chi connectivity index (χ4n) is 3.91. The average Bonchev–Trinajstić information content (AvgIpc) is 3.07. The number of carbonyl (C=O) groups is 1. The molecule has 1 aromatic carbocycles. The maximum atomic E-state index is 11.6. The maximum Gasteiger partial charge on any atom is 0.223 e. The highest BCUT2D eigenvalue weighted by molar-refractivity contribution is 6.30. The summed E-state index contributed by atoms with van der Waals surface area (Å²) in [5.41, 5.74) is 6.66. The van der Waals surface area contributed by atoms with Gasteiger partial charge in [0.2, 0.25) is 5.91 Å². The lowest BCUT2D eigenvalue weighted by molar-refractivity contribution is -0.124. The van der Waals surface area contributed by atoms with E-state index in [2.05, 4.69) is 4.90 Å². The number of rotatable bonds is 5. The third-order valence-corrected chi connectivity index (χ3v) is 5.48. The van der Waals surface area contributed by atoms with Gasteiger partial charge in [0.05, 0.1) is 19.1 Å². The van der Waals surface area contributed by atoms with Crippen molar-refractivity contribution in [2.45, 2.75) is 31.9 Å². The summed E-state index contributed by atoms with van der Waals surface area (Å²) < 4.78 is 11.2. The van der Waals surface area contributed by atoms with E-state index in [-0.39, 0.29) is 17.9 Å². The summed E-state index contributed by atoms with van der Waals surface area (Å²) in [6.45, 7) is 3.47. The largest absolute Gasteiger partial charge is 0.496 e. The summed E-state index contributed by atoms with van der Waals surface area (Å²) >= 11 is 6.02. The van der Waals surface area contributed by atoms with E-state index in [9.17, 15) is 4.79 Å². The first kappa shape index (κ1) is 17.5. The van der Waals surface area contributed by atoms with E-state index in [1.165, 1.54) is 0 Å². The minimum atomic E-state index is -0.217. The number of halogens is 1. The number of primary amides is 1. The van der Waals surface area contributed by atoms with Crippen LogP contribution >= 0.6 is 11.6 Å². The molecule has 0 aromatic heterocycles. The van der Waals surface area contributed by atoms with Gasteiger partial charge in [0.15, 0.2) is 0 Å². The summed E-state index contributed by atoms with van der Waals surface area (Å²) in [7, 11) is 1.67. The van der Waals surface area contributed by atoms with Gasteiger partial charge < -0.3 is 15.2 Å². The molecule has 2 heterocycles. The summed E-state index contributed by atoms with van der Waals surface area (Å²) in [5.74, 6) is 0.926. The van der Waals surface area contributed by atoms with Gasteiger partial charge in [-0.3, -0.25) is 9.69 Å². The monoisotopic (exact) mass is 352 g/mol. The Morgan fingerprint density at radius 3 is 2.79 bits per heavy atom. The molecular weight excluding hydrogens is 328 g/mol. The zero-order chi connectivity index (χ0) is 17.1. The molecule has 6 heteroatoms. The highest BCUT2D eigenvalue weighted by atomic mass is 35.5. The van der Waals surface area contributed by atoms with Gasteiger partial charge in [-0.2, -0.15) is 0 Å². The SMILES string of the molecule is COc1cc(Cl)ccc1CN1CCC([C@H]2OCC[C@@H]2C(N)=O)CC1. The number of carbonyl (C=O) groups excluding carboxylic acids is 1. The quantitative estimate of drug-likeness (QED) is 0.884. The van der Waals surface area contributed by atoms with Crippen LogP contribution in [0.1, 0.15) is 24.8 Å². The Balaban J connectivity index is 1.57. The number of methoxy groups -OCH3 is 1. The zero-order valence-corrected chi connectivity index (χ0v) is 14.8. The molecule has 0 spiro atoms. The van der Waals surface area contributed by atoms with E-state index in [4.69, 9.17) is 26.8 Å². The molecule has 0 bridgehead atoms. The minimum absolute atomic E-state index is 0.00900. The Kier molecular flexibility index (Phi) is 5.64. The first-order valence-electron chi connectivity index (χ1n) is 8.54. The predicted octanol–water partition coefficient (Wildman–Crippen LogP) is 2.45. The number of nitrogens with two attached hydrogens (primary N) is 1. The molecule has 2 atom stereocenters. The Labute approximate surface area is 148 Å². The first-order valence-corrected chi connectivity index (χ1v) is 8.92. The molecule has 0 radical (unpaired) electrons. The van der Waals surface area contributed by atoms with Crippen LogP contribution in [-0.4, -0.2) is 43.7 Å². The maximum absolute atomic E-state index is 11.6. The number of hydrogen-bond donors (Lipinski definition) is 1. The minimum Gasteiger partial charge on any atom is -0.496 e. The molecule has 2 aliphatic heterocycles. The van der Waals surface area contributed by atoms with Crippen molar-refractivity contribution in [2.75, 3.05) is 26.8 Å².